The van der Waals surface area contributed by atoms with Crippen LogP contribution in [0.5, 0.6) is 5.75 Å². The van der Waals surface area contributed by atoms with Gasteiger partial charge in [0.05, 0.1) is 17.5 Å². The molecule has 0 spiro atoms. The molecule has 0 aliphatic rings. The van der Waals surface area contributed by atoms with Gasteiger partial charge in [-0.2, -0.15) is 18.3 Å². The van der Waals surface area contributed by atoms with Gasteiger partial charge in [0, 0.05) is 5.56 Å². The number of hydrogen-bond donors (Lipinski definition) is 2. The number of hydrazone groups is 1. The fourth-order valence-electron chi connectivity index (χ4n) is 2.35. The number of nitrogens with one attached hydrogen (secondary N) is 1. The van der Waals surface area contributed by atoms with Crippen molar-refractivity contribution in [1.82, 2.24) is 10.4 Å². The number of halogens is 3. The fourth-order valence-corrected chi connectivity index (χ4v) is 3.32. The minimum Gasteiger partial charge on any atom is -0.508 e. The first-order chi connectivity index (χ1) is 13.2. The van der Waals surface area contributed by atoms with Gasteiger partial charge in [-0.05, 0) is 36.8 Å². The van der Waals surface area contributed by atoms with Gasteiger partial charge in [0.25, 0.3) is 5.91 Å². The van der Waals surface area contributed by atoms with Crippen LogP contribution < -0.4 is 5.43 Å². The Balaban J connectivity index is 1.73. The molecule has 1 heterocycles. The van der Waals surface area contributed by atoms with Gasteiger partial charge in [-0.1, -0.05) is 24.3 Å². The van der Waals surface area contributed by atoms with Gasteiger partial charge in [0.1, 0.15) is 15.6 Å². The van der Waals surface area contributed by atoms with E-state index < -0.39 is 17.6 Å². The first kappa shape index (κ1) is 19.6. The van der Waals surface area contributed by atoms with Crippen molar-refractivity contribution in [1.29, 1.82) is 0 Å². The highest BCUT2D eigenvalue weighted by Gasteiger charge is 2.30. The number of nitrogens with zero attached hydrogens (tertiary/aromatic N) is 2. The molecule has 0 radical (unpaired) electrons. The minimum atomic E-state index is -4.41. The summed E-state index contributed by atoms with van der Waals surface area (Å²) in [6.07, 6.45) is -3.03. The number of amides is 1. The van der Waals surface area contributed by atoms with E-state index in [1.807, 2.05) is 0 Å². The van der Waals surface area contributed by atoms with Gasteiger partial charge in [-0.25, -0.2) is 10.4 Å². The number of phenols is 1. The maximum absolute atomic E-state index is 12.7. The normalized spacial score (nSPS) is 11.7. The molecule has 2 aromatic carbocycles. The summed E-state index contributed by atoms with van der Waals surface area (Å²) in [5.74, 6) is -0.403. The Hall–Kier alpha value is -3.20. The fraction of sp³-hybridized carbons (Fsp3) is 0.105. The van der Waals surface area contributed by atoms with E-state index in [4.69, 9.17) is 0 Å². The molecule has 0 bridgehead atoms. The number of thiazole rings is 1. The number of aryl methyl sites for hydroxylation is 1. The van der Waals surface area contributed by atoms with Gasteiger partial charge >= 0.3 is 6.18 Å². The van der Waals surface area contributed by atoms with Crippen LogP contribution in [-0.2, 0) is 6.18 Å². The number of phenolic OH excluding ortho intramolecular Hbond substituents is 1. The van der Waals surface area contributed by atoms with Gasteiger partial charge in [0.2, 0.25) is 0 Å². The minimum absolute atomic E-state index is 0.0785. The van der Waals surface area contributed by atoms with Gasteiger partial charge in [0.15, 0.2) is 0 Å². The molecular weight excluding hydrogens is 391 g/mol. The van der Waals surface area contributed by atoms with Crippen LogP contribution in [0.15, 0.2) is 53.6 Å². The molecule has 9 heteroatoms. The van der Waals surface area contributed by atoms with Crippen molar-refractivity contribution in [3.63, 3.8) is 0 Å². The second kappa shape index (κ2) is 7.81. The third kappa shape index (κ3) is 4.55. The smallest absolute Gasteiger partial charge is 0.416 e. The first-order valence-corrected chi connectivity index (χ1v) is 8.83. The molecule has 0 aliphatic carbocycles. The molecule has 0 fully saturated rings. The lowest BCUT2D eigenvalue weighted by Crippen LogP contribution is -2.17. The summed E-state index contributed by atoms with van der Waals surface area (Å²) in [7, 11) is 0. The number of benzene rings is 2. The van der Waals surface area contributed by atoms with E-state index in [9.17, 15) is 23.1 Å². The third-order valence-electron chi connectivity index (χ3n) is 3.71. The predicted octanol–water partition coefficient (Wildman–Crippen LogP) is 4.61. The molecule has 0 atom stereocenters. The van der Waals surface area contributed by atoms with Crippen LogP contribution in [0.4, 0.5) is 13.2 Å². The lowest BCUT2D eigenvalue weighted by atomic mass is 10.1. The number of hydrogen-bond acceptors (Lipinski definition) is 5. The Morgan fingerprint density at radius 3 is 2.57 bits per heavy atom. The number of aromatic hydroxyl groups is 1. The molecule has 3 rings (SSSR count). The lowest BCUT2D eigenvalue weighted by Gasteiger charge is -2.06. The van der Waals surface area contributed by atoms with Crippen molar-refractivity contribution in [2.45, 2.75) is 13.1 Å². The summed E-state index contributed by atoms with van der Waals surface area (Å²) in [6.45, 7) is 1.64. The van der Waals surface area contributed by atoms with Gasteiger partial charge in [-0.15, -0.1) is 11.3 Å². The molecule has 0 unspecified atom stereocenters. The zero-order chi connectivity index (χ0) is 20.3. The Bertz CT molecular complexity index is 1030. The average Bonchev–Trinajstić information content (AvgIpc) is 3.03. The molecule has 0 saturated heterocycles. The SMILES string of the molecule is Cc1nc(-c2ccc(C(F)(F)F)cc2)sc1C(=O)N/N=C/c1cccc(O)c1. The molecule has 1 aromatic heterocycles. The van der Waals surface area contributed by atoms with Crippen molar-refractivity contribution in [3.8, 4) is 16.3 Å². The van der Waals surface area contributed by atoms with E-state index in [1.165, 1.54) is 30.5 Å². The van der Waals surface area contributed by atoms with Crippen LogP contribution in [-0.4, -0.2) is 22.2 Å². The van der Waals surface area contributed by atoms with Crippen LogP contribution in [0.1, 0.15) is 26.5 Å². The van der Waals surface area contributed by atoms with Crippen LogP contribution in [0.2, 0.25) is 0 Å². The first-order valence-electron chi connectivity index (χ1n) is 8.01. The van der Waals surface area contributed by atoms with E-state index in [-0.39, 0.29) is 5.75 Å². The lowest BCUT2D eigenvalue weighted by molar-refractivity contribution is -0.137. The number of carbonyl (C=O) groups excluding carboxylic acids is 1. The van der Waals surface area contributed by atoms with Crippen LogP contribution in [0, 0.1) is 6.92 Å². The van der Waals surface area contributed by atoms with Crippen LogP contribution >= 0.6 is 11.3 Å². The largest absolute Gasteiger partial charge is 0.508 e. The summed E-state index contributed by atoms with van der Waals surface area (Å²) in [5.41, 5.74) is 3.17. The topological polar surface area (TPSA) is 74.6 Å². The molecule has 0 aliphatic heterocycles. The summed E-state index contributed by atoms with van der Waals surface area (Å²) in [6, 6.07) is 10.9. The van der Waals surface area contributed by atoms with Crippen molar-refractivity contribution >= 4 is 23.5 Å². The van der Waals surface area contributed by atoms with E-state index in [0.717, 1.165) is 23.5 Å². The maximum Gasteiger partial charge on any atom is 0.416 e. The highest BCUT2D eigenvalue weighted by atomic mass is 32.1. The van der Waals surface area contributed by atoms with E-state index in [1.54, 1.807) is 19.1 Å². The highest BCUT2D eigenvalue weighted by molar-refractivity contribution is 7.17. The van der Waals surface area contributed by atoms with E-state index in [0.29, 0.717) is 26.7 Å². The van der Waals surface area contributed by atoms with Crippen molar-refractivity contribution in [2.24, 2.45) is 5.10 Å². The summed E-state index contributed by atoms with van der Waals surface area (Å²) >= 11 is 1.06. The Morgan fingerprint density at radius 1 is 1.21 bits per heavy atom. The van der Waals surface area contributed by atoms with Crippen molar-refractivity contribution in [2.75, 3.05) is 0 Å². The molecule has 3 aromatic rings. The van der Waals surface area contributed by atoms with Crippen molar-refractivity contribution in [3.05, 3.63) is 70.2 Å². The van der Waals surface area contributed by atoms with Crippen molar-refractivity contribution < 1.29 is 23.1 Å². The standard InChI is InChI=1S/C19H14F3N3O2S/c1-11-16(17(27)25-23-10-12-3-2-4-15(26)9-12)28-18(24-11)13-5-7-14(8-6-13)19(20,21)22/h2-10,26H,1H3,(H,25,27)/b23-10+. The molecule has 28 heavy (non-hydrogen) atoms. The molecule has 5 nitrogen and oxygen atoms in total. The number of aromatic nitrogens is 1. The zero-order valence-corrected chi connectivity index (χ0v) is 15.3. The van der Waals surface area contributed by atoms with Gasteiger partial charge in [-0.3, -0.25) is 4.79 Å². The quantitative estimate of drug-likeness (QED) is 0.492. The monoisotopic (exact) mass is 405 g/mol. The third-order valence-corrected chi connectivity index (χ3v) is 4.92. The number of alkyl halides is 3. The predicted molar refractivity (Wildman–Crippen MR) is 100 cm³/mol. The Labute approximate surface area is 162 Å². The molecular formula is C19H14F3N3O2S. The number of rotatable bonds is 4. The zero-order valence-electron chi connectivity index (χ0n) is 14.5. The molecule has 1 amide bonds. The summed E-state index contributed by atoms with van der Waals surface area (Å²) in [4.78, 5) is 16.9. The second-order valence-electron chi connectivity index (χ2n) is 5.80. The van der Waals surface area contributed by atoms with Crippen LogP contribution in [0.3, 0.4) is 0 Å². The summed E-state index contributed by atoms with van der Waals surface area (Å²) in [5, 5.41) is 13.7. The maximum atomic E-state index is 12.7. The molecule has 2 N–H and O–H groups in total. The highest BCUT2D eigenvalue weighted by Crippen LogP contribution is 2.32. The Kier molecular flexibility index (Phi) is 5.46. The second-order valence-corrected chi connectivity index (χ2v) is 6.80. The van der Waals surface area contributed by atoms with Crippen LogP contribution in [0.25, 0.3) is 10.6 Å². The van der Waals surface area contributed by atoms with Gasteiger partial charge < -0.3 is 5.11 Å². The molecule has 0 saturated carbocycles. The average molecular weight is 405 g/mol. The number of carbonyl (C=O) groups is 1. The summed E-state index contributed by atoms with van der Waals surface area (Å²) < 4.78 is 38.0. The molecule has 144 valence electrons. The Morgan fingerprint density at radius 2 is 1.93 bits per heavy atom. The van der Waals surface area contributed by atoms with E-state index >= 15 is 0 Å². The van der Waals surface area contributed by atoms with E-state index in [2.05, 4.69) is 15.5 Å².